The molecule has 34 heavy (non-hydrogen) atoms. The molecule has 0 aliphatic rings. The molecule has 0 radical (unpaired) electrons. The van der Waals surface area contributed by atoms with E-state index in [0.717, 1.165) is 27.7 Å². The number of nitrogens with zero attached hydrogens (tertiary/aromatic N) is 1. The summed E-state index contributed by atoms with van der Waals surface area (Å²) in [5, 5.41) is 14.6. The van der Waals surface area contributed by atoms with E-state index in [0.29, 0.717) is 17.0 Å². The molecule has 3 N–H and O–H groups in total. The minimum atomic E-state index is -0.104. The maximum absolute atomic E-state index is 12.6. The van der Waals surface area contributed by atoms with Gasteiger partial charge in [-0.05, 0) is 35.9 Å². The van der Waals surface area contributed by atoms with Crippen molar-refractivity contribution in [2.75, 3.05) is 5.32 Å². The zero-order chi connectivity index (χ0) is 23.3. The average Bonchev–Trinajstić information content (AvgIpc) is 3.19. The number of carbonyl (C=O) groups excluding carboxylic acids is 1. The molecule has 0 atom stereocenters. The highest BCUT2D eigenvalue weighted by Crippen LogP contribution is 2.33. The second-order valence-electron chi connectivity index (χ2n) is 7.98. The van der Waals surface area contributed by atoms with Crippen LogP contribution in [-0.2, 0) is 11.2 Å². The Kier molecular flexibility index (Phi) is 5.91. The van der Waals surface area contributed by atoms with Gasteiger partial charge >= 0.3 is 0 Å². The Bertz CT molecular complexity index is 1460. The van der Waals surface area contributed by atoms with Crippen LogP contribution >= 0.6 is 0 Å². The topological polar surface area (TPSA) is 77.5 Å². The Labute approximate surface area is 197 Å². The number of aliphatic imine (C=N–C) groups is 1. The Morgan fingerprint density at radius 3 is 2.18 bits per heavy atom. The van der Waals surface area contributed by atoms with E-state index in [2.05, 4.69) is 10.3 Å². The number of amides is 1. The predicted molar refractivity (Wildman–Crippen MR) is 137 cm³/mol. The van der Waals surface area contributed by atoms with Gasteiger partial charge in [0.25, 0.3) is 0 Å². The van der Waals surface area contributed by atoms with Crippen LogP contribution in [0.5, 0.6) is 5.88 Å². The van der Waals surface area contributed by atoms with Crippen molar-refractivity contribution in [3.05, 3.63) is 126 Å². The number of carbonyl (C=O) groups is 1. The summed E-state index contributed by atoms with van der Waals surface area (Å²) in [6.07, 6.45) is 0.287. The van der Waals surface area contributed by atoms with Crippen LogP contribution in [0.3, 0.4) is 0 Å². The van der Waals surface area contributed by atoms with Crippen LogP contribution in [0.4, 0.5) is 11.4 Å². The van der Waals surface area contributed by atoms with Gasteiger partial charge in [-0.15, -0.1) is 0 Å². The molecule has 1 aromatic heterocycles. The van der Waals surface area contributed by atoms with Crippen molar-refractivity contribution in [3.8, 4) is 5.88 Å². The first-order chi connectivity index (χ1) is 16.7. The first-order valence-electron chi connectivity index (χ1n) is 11.1. The van der Waals surface area contributed by atoms with Crippen molar-refractivity contribution in [3.63, 3.8) is 0 Å². The molecule has 0 aliphatic heterocycles. The fourth-order valence-electron chi connectivity index (χ4n) is 3.97. The molecule has 5 nitrogen and oxygen atoms in total. The first kappa shape index (κ1) is 21.2. The zero-order valence-electron chi connectivity index (χ0n) is 18.4. The lowest BCUT2D eigenvalue weighted by Crippen LogP contribution is -2.14. The van der Waals surface area contributed by atoms with Gasteiger partial charge in [0.15, 0.2) is 5.88 Å². The van der Waals surface area contributed by atoms with E-state index in [1.807, 2.05) is 109 Å². The number of hydrogen-bond donors (Lipinski definition) is 3. The van der Waals surface area contributed by atoms with Crippen LogP contribution in [0, 0.1) is 0 Å². The monoisotopic (exact) mass is 445 g/mol. The van der Waals surface area contributed by atoms with Gasteiger partial charge in [-0.1, -0.05) is 78.9 Å². The number of aromatic hydroxyl groups is 1. The quantitative estimate of drug-likeness (QED) is 0.271. The number of H-pyrrole nitrogens is 1. The number of para-hydroxylation sites is 1. The predicted octanol–water partition coefficient (Wildman–Crippen LogP) is 6.22. The summed E-state index contributed by atoms with van der Waals surface area (Å²) in [5.41, 5.74) is 5.24. The number of benzene rings is 4. The lowest BCUT2D eigenvalue weighted by atomic mass is 10.0. The van der Waals surface area contributed by atoms with Gasteiger partial charge in [-0.2, -0.15) is 0 Å². The number of aromatic nitrogens is 1. The molecule has 1 heterocycles. The second kappa shape index (κ2) is 9.46. The molecule has 5 aromatic rings. The summed E-state index contributed by atoms with van der Waals surface area (Å²) in [7, 11) is 0. The standard InChI is InChI=1S/C29H23N3O2/c33-26(18-20-10-4-1-5-11-20)30-23-16-17-25-24(19-23)27(29(34)32-25)28(21-12-6-2-7-13-21)31-22-14-8-3-9-15-22/h1-17,19,32,34H,18H2,(H,30,33). The molecule has 0 aliphatic carbocycles. The van der Waals surface area contributed by atoms with Crippen LogP contribution < -0.4 is 5.32 Å². The SMILES string of the molecule is O=C(Cc1ccccc1)Nc1ccc2[nH]c(O)c(C(=Nc3ccccc3)c3ccccc3)c2c1. The largest absolute Gasteiger partial charge is 0.494 e. The highest BCUT2D eigenvalue weighted by molar-refractivity contribution is 6.22. The Morgan fingerprint density at radius 1 is 0.824 bits per heavy atom. The molecule has 0 fully saturated rings. The zero-order valence-corrected chi connectivity index (χ0v) is 18.4. The summed E-state index contributed by atoms with van der Waals surface area (Å²) in [4.78, 5) is 20.5. The molecule has 0 bridgehead atoms. The third kappa shape index (κ3) is 4.59. The van der Waals surface area contributed by atoms with Gasteiger partial charge in [-0.25, -0.2) is 4.99 Å². The summed E-state index contributed by atoms with van der Waals surface area (Å²) >= 11 is 0. The van der Waals surface area contributed by atoms with Crippen LogP contribution in [-0.4, -0.2) is 21.7 Å². The summed E-state index contributed by atoms with van der Waals surface area (Å²) in [6, 6.07) is 34.5. The van der Waals surface area contributed by atoms with E-state index in [4.69, 9.17) is 4.99 Å². The van der Waals surface area contributed by atoms with Gasteiger partial charge in [0.2, 0.25) is 5.91 Å². The Balaban J connectivity index is 1.56. The molecule has 1 amide bonds. The Hall–Kier alpha value is -4.64. The lowest BCUT2D eigenvalue weighted by molar-refractivity contribution is -0.115. The van der Waals surface area contributed by atoms with Gasteiger partial charge in [0.05, 0.1) is 23.4 Å². The maximum Gasteiger partial charge on any atom is 0.228 e. The average molecular weight is 446 g/mol. The molecule has 4 aromatic carbocycles. The third-order valence-electron chi connectivity index (χ3n) is 5.55. The fraction of sp³-hybridized carbons (Fsp3) is 0.0345. The number of nitrogens with one attached hydrogen (secondary N) is 2. The van der Waals surface area contributed by atoms with Crippen LogP contribution in [0.1, 0.15) is 16.7 Å². The molecule has 5 heteroatoms. The number of anilines is 1. The van der Waals surface area contributed by atoms with E-state index < -0.39 is 0 Å². The van der Waals surface area contributed by atoms with Crippen molar-refractivity contribution in [2.24, 2.45) is 4.99 Å². The van der Waals surface area contributed by atoms with E-state index in [9.17, 15) is 9.90 Å². The molecule has 0 saturated heterocycles. The molecule has 0 unspecified atom stereocenters. The number of aromatic amines is 1. The maximum atomic E-state index is 12.6. The van der Waals surface area contributed by atoms with Crippen molar-refractivity contribution in [2.45, 2.75) is 6.42 Å². The highest BCUT2D eigenvalue weighted by Gasteiger charge is 2.19. The summed E-state index contributed by atoms with van der Waals surface area (Å²) in [6.45, 7) is 0. The molecular weight excluding hydrogens is 422 g/mol. The molecule has 0 spiro atoms. The summed E-state index contributed by atoms with van der Waals surface area (Å²) < 4.78 is 0. The smallest absolute Gasteiger partial charge is 0.228 e. The van der Waals surface area contributed by atoms with Gasteiger partial charge < -0.3 is 15.4 Å². The van der Waals surface area contributed by atoms with Gasteiger partial charge in [-0.3, -0.25) is 4.79 Å². The van der Waals surface area contributed by atoms with Crippen molar-refractivity contribution in [1.82, 2.24) is 4.98 Å². The molecule has 0 saturated carbocycles. The minimum absolute atomic E-state index is 0.0290. The number of fused-ring (bicyclic) bond motifs is 1. The normalized spacial score (nSPS) is 11.5. The van der Waals surface area contributed by atoms with Gasteiger partial charge in [0.1, 0.15) is 0 Å². The van der Waals surface area contributed by atoms with Crippen LogP contribution in [0.2, 0.25) is 0 Å². The minimum Gasteiger partial charge on any atom is -0.494 e. The fourth-order valence-corrected chi connectivity index (χ4v) is 3.97. The van der Waals surface area contributed by atoms with Crippen LogP contribution in [0.25, 0.3) is 10.9 Å². The van der Waals surface area contributed by atoms with E-state index in [-0.39, 0.29) is 18.2 Å². The van der Waals surface area contributed by atoms with E-state index in [1.165, 1.54) is 0 Å². The second-order valence-corrected chi connectivity index (χ2v) is 7.98. The Morgan fingerprint density at radius 2 is 1.47 bits per heavy atom. The highest BCUT2D eigenvalue weighted by atomic mass is 16.3. The first-order valence-corrected chi connectivity index (χ1v) is 11.1. The molecular formula is C29H23N3O2. The van der Waals surface area contributed by atoms with Crippen molar-refractivity contribution in [1.29, 1.82) is 0 Å². The molecule has 5 rings (SSSR count). The van der Waals surface area contributed by atoms with Crippen molar-refractivity contribution < 1.29 is 9.90 Å². The number of rotatable bonds is 6. The number of hydrogen-bond acceptors (Lipinski definition) is 3. The van der Waals surface area contributed by atoms with Crippen LogP contribution in [0.15, 0.2) is 114 Å². The summed E-state index contributed by atoms with van der Waals surface area (Å²) in [5.74, 6) is -0.0746. The lowest BCUT2D eigenvalue weighted by Gasteiger charge is -2.09. The van der Waals surface area contributed by atoms with Gasteiger partial charge in [0, 0.05) is 22.2 Å². The van der Waals surface area contributed by atoms with E-state index >= 15 is 0 Å². The molecule has 166 valence electrons. The third-order valence-corrected chi connectivity index (χ3v) is 5.55. The van der Waals surface area contributed by atoms with Crippen molar-refractivity contribution >= 4 is 33.9 Å². The van der Waals surface area contributed by atoms with E-state index in [1.54, 1.807) is 0 Å².